The number of rotatable bonds is 4. The number of aryl methyl sites for hydroxylation is 1. The van der Waals surface area contributed by atoms with E-state index < -0.39 is 0 Å². The molecule has 0 bridgehead atoms. The molecule has 1 atom stereocenters. The molecule has 1 unspecified atom stereocenters. The van der Waals surface area contributed by atoms with Gasteiger partial charge in [0.05, 0.1) is 6.10 Å². The molecule has 5 heteroatoms. The van der Waals surface area contributed by atoms with Crippen molar-refractivity contribution in [2.75, 3.05) is 24.6 Å². The van der Waals surface area contributed by atoms with Crippen LogP contribution in [0.3, 0.4) is 0 Å². The molecule has 0 spiro atoms. The predicted octanol–water partition coefficient (Wildman–Crippen LogP) is 1.25. The summed E-state index contributed by atoms with van der Waals surface area (Å²) in [5.41, 5.74) is 6.77. The Morgan fingerprint density at radius 1 is 1.56 bits per heavy atom. The SMILES string of the molecule is CCOC1CCCN(c2nc(C)ncc2CN)C1. The number of piperidine rings is 1. The Balaban J connectivity index is 2.17. The van der Waals surface area contributed by atoms with Gasteiger partial charge in [-0.1, -0.05) is 0 Å². The van der Waals surface area contributed by atoms with Crippen molar-refractivity contribution in [2.24, 2.45) is 5.73 Å². The van der Waals surface area contributed by atoms with Crippen LogP contribution in [0.4, 0.5) is 5.82 Å². The normalized spacial score (nSPS) is 20.2. The van der Waals surface area contributed by atoms with Crippen LogP contribution in [0.15, 0.2) is 6.20 Å². The number of nitrogens with zero attached hydrogens (tertiary/aromatic N) is 3. The fourth-order valence-electron chi connectivity index (χ4n) is 2.40. The second-order valence-electron chi connectivity index (χ2n) is 4.64. The summed E-state index contributed by atoms with van der Waals surface area (Å²) in [4.78, 5) is 11.0. The van der Waals surface area contributed by atoms with Gasteiger partial charge in [-0.15, -0.1) is 0 Å². The van der Waals surface area contributed by atoms with E-state index in [0.717, 1.165) is 49.7 Å². The molecule has 0 amide bonds. The molecule has 1 aromatic rings. The molecular weight excluding hydrogens is 228 g/mol. The van der Waals surface area contributed by atoms with E-state index in [1.807, 2.05) is 20.0 Å². The number of nitrogens with two attached hydrogens (primary N) is 1. The monoisotopic (exact) mass is 250 g/mol. The molecule has 2 heterocycles. The molecule has 1 aliphatic heterocycles. The first-order chi connectivity index (χ1) is 8.74. The van der Waals surface area contributed by atoms with Crippen molar-refractivity contribution in [3.63, 3.8) is 0 Å². The first-order valence-electron chi connectivity index (χ1n) is 6.63. The minimum absolute atomic E-state index is 0.310. The van der Waals surface area contributed by atoms with Gasteiger partial charge in [0.2, 0.25) is 0 Å². The lowest BCUT2D eigenvalue weighted by Crippen LogP contribution is -2.41. The second-order valence-corrected chi connectivity index (χ2v) is 4.64. The highest BCUT2D eigenvalue weighted by molar-refractivity contribution is 5.46. The van der Waals surface area contributed by atoms with Gasteiger partial charge in [-0.3, -0.25) is 0 Å². The third-order valence-corrected chi connectivity index (χ3v) is 3.26. The first-order valence-corrected chi connectivity index (χ1v) is 6.63. The number of aromatic nitrogens is 2. The lowest BCUT2D eigenvalue weighted by molar-refractivity contribution is 0.0524. The van der Waals surface area contributed by atoms with Crippen molar-refractivity contribution in [2.45, 2.75) is 39.3 Å². The molecule has 1 saturated heterocycles. The van der Waals surface area contributed by atoms with Crippen LogP contribution in [-0.2, 0) is 11.3 Å². The molecule has 100 valence electrons. The largest absolute Gasteiger partial charge is 0.377 e. The maximum atomic E-state index is 5.76. The summed E-state index contributed by atoms with van der Waals surface area (Å²) < 4.78 is 5.72. The molecule has 2 rings (SSSR count). The topological polar surface area (TPSA) is 64.3 Å². The Hall–Kier alpha value is -1.20. The van der Waals surface area contributed by atoms with Crippen LogP contribution in [0, 0.1) is 6.92 Å². The van der Waals surface area contributed by atoms with Gasteiger partial charge in [0.15, 0.2) is 0 Å². The Kier molecular flexibility index (Phi) is 4.49. The van der Waals surface area contributed by atoms with Gasteiger partial charge >= 0.3 is 0 Å². The van der Waals surface area contributed by atoms with Gasteiger partial charge in [-0.2, -0.15) is 0 Å². The van der Waals surface area contributed by atoms with Crippen LogP contribution in [0.1, 0.15) is 31.2 Å². The second kappa shape index (κ2) is 6.11. The van der Waals surface area contributed by atoms with Gasteiger partial charge in [-0.05, 0) is 26.7 Å². The highest BCUT2D eigenvalue weighted by atomic mass is 16.5. The zero-order chi connectivity index (χ0) is 13.0. The zero-order valence-electron chi connectivity index (χ0n) is 11.2. The van der Waals surface area contributed by atoms with Crippen molar-refractivity contribution in [3.8, 4) is 0 Å². The fraction of sp³-hybridized carbons (Fsp3) is 0.692. The maximum Gasteiger partial charge on any atom is 0.136 e. The average Bonchev–Trinajstić information content (AvgIpc) is 2.39. The number of ether oxygens (including phenoxy) is 1. The number of anilines is 1. The highest BCUT2D eigenvalue weighted by Gasteiger charge is 2.22. The highest BCUT2D eigenvalue weighted by Crippen LogP contribution is 2.22. The van der Waals surface area contributed by atoms with Crippen LogP contribution >= 0.6 is 0 Å². The van der Waals surface area contributed by atoms with E-state index in [2.05, 4.69) is 14.9 Å². The van der Waals surface area contributed by atoms with E-state index in [1.165, 1.54) is 0 Å². The van der Waals surface area contributed by atoms with Gasteiger partial charge in [0.1, 0.15) is 11.6 Å². The van der Waals surface area contributed by atoms with E-state index in [1.54, 1.807) is 0 Å². The zero-order valence-corrected chi connectivity index (χ0v) is 11.2. The molecule has 1 fully saturated rings. The molecule has 0 aliphatic carbocycles. The molecule has 2 N–H and O–H groups in total. The molecule has 1 aliphatic rings. The van der Waals surface area contributed by atoms with E-state index in [9.17, 15) is 0 Å². The van der Waals surface area contributed by atoms with Crippen LogP contribution in [-0.4, -0.2) is 35.8 Å². The van der Waals surface area contributed by atoms with Crippen LogP contribution < -0.4 is 10.6 Å². The molecule has 18 heavy (non-hydrogen) atoms. The molecule has 5 nitrogen and oxygen atoms in total. The predicted molar refractivity (Wildman–Crippen MR) is 71.5 cm³/mol. The fourth-order valence-corrected chi connectivity index (χ4v) is 2.40. The minimum Gasteiger partial charge on any atom is -0.377 e. The van der Waals surface area contributed by atoms with Gasteiger partial charge in [-0.25, -0.2) is 9.97 Å². The summed E-state index contributed by atoms with van der Waals surface area (Å²) >= 11 is 0. The van der Waals surface area contributed by atoms with Gasteiger partial charge < -0.3 is 15.4 Å². The van der Waals surface area contributed by atoms with E-state index in [4.69, 9.17) is 10.5 Å². The van der Waals surface area contributed by atoms with Crippen LogP contribution in [0.25, 0.3) is 0 Å². The number of hydrogen-bond donors (Lipinski definition) is 1. The van der Waals surface area contributed by atoms with Crippen molar-refractivity contribution in [1.29, 1.82) is 0 Å². The van der Waals surface area contributed by atoms with Crippen molar-refractivity contribution < 1.29 is 4.74 Å². The standard InChI is InChI=1S/C13H22N4O/c1-3-18-12-5-4-6-17(9-12)13-11(7-14)8-15-10(2)16-13/h8,12H,3-7,9,14H2,1-2H3. The summed E-state index contributed by atoms with van der Waals surface area (Å²) in [6.07, 6.45) is 4.41. The first kappa shape index (κ1) is 13.2. The van der Waals surface area contributed by atoms with Gasteiger partial charge in [0.25, 0.3) is 0 Å². The third-order valence-electron chi connectivity index (χ3n) is 3.26. The molecule has 0 saturated carbocycles. The summed E-state index contributed by atoms with van der Waals surface area (Å²) in [7, 11) is 0. The summed E-state index contributed by atoms with van der Waals surface area (Å²) in [5.74, 6) is 1.77. The molecule has 1 aromatic heterocycles. The number of hydrogen-bond acceptors (Lipinski definition) is 5. The Morgan fingerprint density at radius 3 is 3.11 bits per heavy atom. The minimum atomic E-state index is 0.310. The Morgan fingerprint density at radius 2 is 2.39 bits per heavy atom. The van der Waals surface area contributed by atoms with Gasteiger partial charge in [0, 0.05) is 38.0 Å². The maximum absolute atomic E-state index is 5.76. The van der Waals surface area contributed by atoms with E-state index in [0.29, 0.717) is 12.6 Å². The van der Waals surface area contributed by atoms with Crippen molar-refractivity contribution >= 4 is 5.82 Å². The Bertz CT molecular complexity index is 395. The van der Waals surface area contributed by atoms with Crippen molar-refractivity contribution in [3.05, 3.63) is 17.6 Å². The summed E-state index contributed by atoms with van der Waals surface area (Å²) in [6.45, 7) is 7.12. The summed E-state index contributed by atoms with van der Waals surface area (Å²) in [5, 5.41) is 0. The molecule has 0 radical (unpaired) electrons. The lowest BCUT2D eigenvalue weighted by Gasteiger charge is -2.34. The van der Waals surface area contributed by atoms with E-state index >= 15 is 0 Å². The van der Waals surface area contributed by atoms with Crippen LogP contribution in [0.5, 0.6) is 0 Å². The summed E-state index contributed by atoms with van der Waals surface area (Å²) in [6, 6.07) is 0. The Labute approximate surface area is 108 Å². The van der Waals surface area contributed by atoms with E-state index in [-0.39, 0.29) is 0 Å². The smallest absolute Gasteiger partial charge is 0.136 e. The molecule has 0 aromatic carbocycles. The quantitative estimate of drug-likeness (QED) is 0.871. The molecular formula is C13H22N4O. The lowest BCUT2D eigenvalue weighted by atomic mass is 10.1. The van der Waals surface area contributed by atoms with Crippen LogP contribution in [0.2, 0.25) is 0 Å². The third kappa shape index (κ3) is 2.97. The van der Waals surface area contributed by atoms with Crippen molar-refractivity contribution in [1.82, 2.24) is 9.97 Å². The average molecular weight is 250 g/mol.